The molecule has 0 N–H and O–H groups in total. The summed E-state index contributed by atoms with van der Waals surface area (Å²) >= 11 is 0. The van der Waals surface area contributed by atoms with Gasteiger partial charge in [0.25, 0.3) is 0 Å². The topological polar surface area (TPSA) is 9.23 Å². The monoisotopic (exact) mass is 164 g/mol. The maximum absolute atomic E-state index is 5.46. The highest BCUT2D eigenvalue weighted by Gasteiger charge is 2.12. The number of hydrogen-bond acceptors (Lipinski definition) is 1. The molecule has 0 saturated carbocycles. The van der Waals surface area contributed by atoms with E-state index in [4.69, 9.17) is 4.74 Å². The smallest absolute Gasteiger partial charge is 0.118 e. The fraction of sp³-hybridized carbons (Fsp3) is 0.455. The third-order valence-corrected chi connectivity index (χ3v) is 1.84. The van der Waals surface area contributed by atoms with Crippen molar-refractivity contribution in [1.82, 2.24) is 0 Å². The van der Waals surface area contributed by atoms with Crippen LogP contribution in [0.1, 0.15) is 26.7 Å². The lowest BCUT2D eigenvalue weighted by Crippen LogP contribution is -1.83. The molecule has 0 saturated heterocycles. The fourth-order valence-electron chi connectivity index (χ4n) is 1.37. The van der Waals surface area contributed by atoms with E-state index in [1.807, 2.05) is 19.1 Å². The highest BCUT2D eigenvalue weighted by atomic mass is 16.5. The van der Waals surface area contributed by atoms with Crippen LogP contribution in [-0.2, 0) is 4.74 Å². The molecule has 0 bridgehead atoms. The van der Waals surface area contributed by atoms with E-state index in [1.54, 1.807) is 0 Å². The third-order valence-electron chi connectivity index (χ3n) is 1.84. The third kappa shape index (κ3) is 2.26. The molecule has 0 radical (unpaired) electrons. The van der Waals surface area contributed by atoms with E-state index in [-0.39, 0.29) is 0 Å². The first-order chi connectivity index (χ1) is 5.74. The molecule has 0 amide bonds. The van der Waals surface area contributed by atoms with Crippen LogP contribution in [0.5, 0.6) is 0 Å². The van der Waals surface area contributed by atoms with E-state index in [9.17, 15) is 0 Å². The predicted octanol–water partition coefficient (Wildman–Crippen LogP) is 3.20. The molecule has 1 heterocycles. The maximum Gasteiger partial charge on any atom is 0.118 e. The van der Waals surface area contributed by atoms with Gasteiger partial charge < -0.3 is 4.74 Å². The van der Waals surface area contributed by atoms with Gasteiger partial charge in [0.05, 0.1) is 6.61 Å². The van der Waals surface area contributed by atoms with E-state index in [0.29, 0.717) is 0 Å². The molecule has 0 unspecified atom stereocenters. The molecular formula is C11H16O. The number of hydrogen-bond donors (Lipinski definition) is 0. The fourth-order valence-corrected chi connectivity index (χ4v) is 1.37. The summed E-state index contributed by atoms with van der Waals surface area (Å²) < 4.78 is 5.46. The van der Waals surface area contributed by atoms with Crippen LogP contribution in [0.4, 0.5) is 0 Å². The van der Waals surface area contributed by atoms with Gasteiger partial charge in [0, 0.05) is 6.42 Å². The lowest BCUT2D eigenvalue weighted by atomic mass is 10.1. The van der Waals surface area contributed by atoms with Crippen molar-refractivity contribution in [2.24, 2.45) is 0 Å². The molecular weight excluding hydrogens is 148 g/mol. The summed E-state index contributed by atoms with van der Waals surface area (Å²) in [5, 5.41) is 0. The van der Waals surface area contributed by atoms with E-state index < -0.39 is 0 Å². The van der Waals surface area contributed by atoms with Gasteiger partial charge in [-0.1, -0.05) is 18.2 Å². The first kappa shape index (κ1) is 9.11. The van der Waals surface area contributed by atoms with Crippen molar-refractivity contribution in [3.63, 3.8) is 0 Å². The van der Waals surface area contributed by atoms with Gasteiger partial charge in [0.1, 0.15) is 5.76 Å². The van der Waals surface area contributed by atoms with Gasteiger partial charge in [-0.25, -0.2) is 0 Å². The normalized spacial score (nSPS) is 17.2. The molecule has 0 aromatic carbocycles. The van der Waals surface area contributed by atoms with Gasteiger partial charge in [0.2, 0.25) is 0 Å². The quantitative estimate of drug-likeness (QED) is 0.582. The van der Waals surface area contributed by atoms with Crippen LogP contribution < -0.4 is 0 Å². The van der Waals surface area contributed by atoms with Crippen LogP contribution in [0.2, 0.25) is 0 Å². The SMILES string of the molecule is C=C(C)CC1=C(/C=C\C)OCC1. The van der Waals surface area contributed by atoms with Gasteiger partial charge in [-0.2, -0.15) is 0 Å². The summed E-state index contributed by atoms with van der Waals surface area (Å²) in [6.07, 6.45) is 6.09. The predicted molar refractivity (Wildman–Crippen MR) is 51.8 cm³/mol. The Balaban J connectivity index is 2.69. The Hall–Kier alpha value is -0.980. The van der Waals surface area contributed by atoms with Crippen molar-refractivity contribution in [1.29, 1.82) is 0 Å². The van der Waals surface area contributed by atoms with Crippen molar-refractivity contribution in [3.8, 4) is 0 Å². The molecule has 12 heavy (non-hydrogen) atoms. The largest absolute Gasteiger partial charge is 0.493 e. The minimum Gasteiger partial charge on any atom is -0.493 e. The second-order valence-corrected chi connectivity index (χ2v) is 3.20. The second kappa shape index (κ2) is 4.15. The van der Waals surface area contributed by atoms with Crippen LogP contribution in [0.25, 0.3) is 0 Å². The molecule has 0 aliphatic carbocycles. The zero-order valence-electron chi connectivity index (χ0n) is 7.89. The Morgan fingerprint density at radius 1 is 1.67 bits per heavy atom. The number of allylic oxidation sites excluding steroid dienone is 3. The first-order valence-corrected chi connectivity index (χ1v) is 4.36. The highest BCUT2D eigenvalue weighted by Crippen LogP contribution is 2.25. The van der Waals surface area contributed by atoms with Crippen LogP contribution in [0.3, 0.4) is 0 Å². The molecule has 1 nitrogen and oxygen atoms in total. The molecule has 0 atom stereocenters. The Kier molecular flexibility index (Phi) is 3.15. The van der Waals surface area contributed by atoms with Gasteiger partial charge in [-0.15, -0.1) is 0 Å². The lowest BCUT2D eigenvalue weighted by molar-refractivity contribution is 0.257. The van der Waals surface area contributed by atoms with Crippen molar-refractivity contribution in [2.45, 2.75) is 26.7 Å². The molecule has 0 fully saturated rings. The molecule has 0 spiro atoms. The zero-order chi connectivity index (χ0) is 8.97. The van der Waals surface area contributed by atoms with E-state index in [2.05, 4.69) is 13.5 Å². The Morgan fingerprint density at radius 3 is 3.00 bits per heavy atom. The van der Waals surface area contributed by atoms with Gasteiger partial charge >= 0.3 is 0 Å². The second-order valence-electron chi connectivity index (χ2n) is 3.20. The number of rotatable bonds is 3. The summed E-state index contributed by atoms with van der Waals surface area (Å²) in [7, 11) is 0. The molecule has 1 aliphatic heterocycles. The van der Waals surface area contributed by atoms with Crippen LogP contribution >= 0.6 is 0 Å². The first-order valence-electron chi connectivity index (χ1n) is 4.36. The molecule has 0 aromatic rings. The highest BCUT2D eigenvalue weighted by molar-refractivity contribution is 5.26. The minimum absolute atomic E-state index is 0.836. The summed E-state index contributed by atoms with van der Waals surface area (Å²) in [5.74, 6) is 1.06. The molecule has 1 rings (SSSR count). The van der Waals surface area contributed by atoms with Gasteiger partial charge in [0.15, 0.2) is 0 Å². The lowest BCUT2D eigenvalue weighted by Gasteiger charge is -2.00. The number of ether oxygens (including phenoxy) is 1. The zero-order valence-corrected chi connectivity index (χ0v) is 7.89. The van der Waals surface area contributed by atoms with Crippen LogP contribution in [0, 0.1) is 0 Å². The van der Waals surface area contributed by atoms with Crippen molar-refractivity contribution >= 4 is 0 Å². The molecule has 0 aromatic heterocycles. The van der Waals surface area contributed by atoms with Gasteiger partial charge in [-0.05, 0) is 31.9 Å². The Labute approximate surface area is 74.4 Å². The summed E-state index contributed by atoms with van der Waals surface area (Å²) in [6.45, 7) is 8.80. The molecule has 1 heteroatoms. The van der Waals surface area contributed by atoms with Crippen molar-refractivity contribution in [3.05, 3.63) is 35.6 Å². The molecule has 1 aliphatic rings. The Bertz CT molecular complexity index is 233. The summed E-state index contributed by atoms with van der Waals surface area (Å²) in [4.78, 5) is 0. The minimum atomic E-state index is 0.836. The van der Waals surface area contributed by atoms with E-state index in [1.165, 1.54) is 11.1 Å². The van der Waals surface area contributed by atoms with E-state index in [0.717, 1.165) is 25.2 Å². The summed E-state index contributed by atoms with van der Waals surface area (Å²) in [5.41, 5.74) is 2.60. The summed E-state index contributed by atoms with van der Waals surface area (Å²) in [6, 6.07) is 0. The maximum atomic E-state index is 5.46. The Morgan fingerprint density at radius 2 is 2.42 bits per heavy atom. The van der Waals surface area contributed by atoms with E-state index >= 15 is 0 Å². The van der Waals surface area contributed by atoms with Crippen LogP contribution in [0.15, 0.2) is 35.6 Å². The standard InChI is InChI=1S/C11H16O/c1-4-5-11-10(6-7-12-11)8-9(2)3/h4-5H,2,6-8H2,1,3H3/b5-4-. The van der Waals surface area contributed by atoms with Gasteiger partial charge in [-0.3, -0.25) is 0 Å². The van der Waals surface area contributed by atoms with Crippen molar-refractivity contribution < 1.29 is 4.74 Å². The van der Waals surface area contributed by atoms with Crippen molar-refractivity contribution in [2.75, 3.05) is 6.61 Å². The molecule has 66 valence electrons. The average molecular weight is 164 g/mol. The van der Waals surface area contributed by atoms with Crippen LogP contribution in [-0.4, -0.2) is 6.61 Å². The average Bonchev–Trinajstić information content (AvgIpc) is 2.37.